The van der Waals surface area contributed by atoms with Crippen LogP contribution in [-0.4, -0.2) is 0 Å². The first kappa shape index (κ1) is 19.6. The first-order chi connectivity index (χ1) is 14.1. The molecule has 0 aliphatic heterocycles. The Hall–Kier alpha value is -2.68. The number of hydrogen-bond acceptors (Lipinski definition) is 2. The molecule has 0 unspecified atom stereocenters. The Morgan fingerprint density at radius 3 is 2.41 bits per heavy atom. The number of fused-ring (bicyclic) bond motifs is 1. The molecule has 4 rings (SSSR count). The van der Waals surface area contributed by atoms with Gasteiger partial charge in [0.25, 0.3) is 0 Å². The molecule has 4 heteroatoms. The minimum Gasteiger partial charge on any atom is -0.489 e. The topological polar surface area (TPSA) is 21.3 Å². The number of rotatable bonds is 6. The fourth-order valence-electron chi connectivity index (χ4n) is 3.29. The highest BCUT2D eigenvalue weighted by molar-refractivity contribution is 6.42. The van der Waals surface area contributed by atoms with Gasteiger partial charge in [0, 0.05) is 17.8 Å². The SMILES string of the molecule is Cc1ccc(NCc2c(OCc3ccc(Cl)c(Cl)c3)ccc3ccccc23)cc1. The quantitative estimate of drug-likeness (QED) is 0.345. The summed E-state index contributed by atoms with van der Waals surface area (Å²) >= 11 is 12.2. The van der Waals surface area contributed by atoms with Gasteiger partial charge in [-0.1, -0.05) is 77.3 Å². The summed E-state index contributed by atoms with van der Waals surface area (Å²) < 4.78 is 6.19. The van der Waals surface area contributed by atoms with Gasteiger partial charge in [0.15, 0.2) is 0 Å². The molecule has 0 heterocycles. The zero-order valence-corrected chi connectivity index (χ0v) is 17.6. The average molecular weight is 422 g/mol. The van der Waals surface area contributed by atoms with E-state index in [9.17, 15) is 0 Å². The maximum atomic E-state index is 6.19. The summed E-state index contributed by atoms with van der Waals surface area (Å²) in [5.41, 5.74) is 4.43. The molecule has 146 valence electrons. The first-order valence-corrected chi connectivity index (χ1v) is 10.2. The van der Waals surface area contributed by atoms with Gasteiger partial charge in [-0.05, 0) is 53.6 Å². The molecule has 0 bridgehead atoms. The highest BCUT2D eigenvalue weighted by Gasteiger charge is 2.10. The van der Waals surface area contributed by atoms with E-state index in [1.54, 1.807) is 6.07 Å². The predicted molar refractivity (Wildman–Crippen MR) is 123 cm³/mol. The van der Waals surface area contributed by atoms with Gasteiger partial charge in [0.1, 0.15) is 12.4 Å². The van der Waals surface area contributed by atoms with Crippen LogP contribution in [0.1, 0.15) is 16.7 Å². The molecule has 0 saturated carbocycles. The molecule has 0 aromatic heterocycles. The standard InChI is InChI=1S/C25H21Cl2NO/c1-17-6-10-20(11-7-17)28-15-22-21-5-3-2-4-19(21)9-13-25(22)29-16-18-8-12-23(26)24(27)14-18/h2-14,28H,15-16H2,1H3. The maximum absolute atomic E-state index is 6.19. The second-order valence-corrected chi connectivity index (χ2v) is 7.83. The summed E-state index contributed by atoms with van der Waals surface area (Å²) in [6, 6.07) is 26.4. The van der Waals surface area contributed by atoms with Crippen LogP contribution in [0.2, 0.25) is 10.0 Å². The number of benzene rings is 4. The Labute approximate surface area is 181 Å². The molecular formula is C25H21Cl2NO. The van der Waals surface area contributed by atoms with Crippen molar-refractivity contribution in [2.75, 3.05) is 5.32 Å². The molecule has 4 aromatic rings. The van der Waals surface area contributed by atoms with Crippen LogP contribution in [-0.2, 0) is 13.2 Å². The molecule has 29 heavy (non-hydrogen) atoms. The van der Waals surface area contributed by atoms with E-state index in [1.165, 1.54) is 16.3 Å². The van der Waals surface area contributed by atoms with Gasteiger partial charge in [-0.3, -0.25) is 0 Å². The molecule has 1 N–H and O–H groups in total. The van der Waals surface area contributed by atoms with Crippen LogP contribution in [0.15, 0.2) is 78.9 Å². The van der Waals surface area contributed by atoms with E-state index in [4.69, 9.17) is 27.9 Å². The molecule has 0 atom stereocenters. The van der Waals surface area contributed by atoms with Gasteiger partial charge in [-0.15, -0.1) is 0 Å². The van der Waals surface area contributed by atoms with E-state index < -0.39 is 0 Å². The Kier molecular flexibility index (Phi) is 5.94. The van der Waals surface area contributed by atoms with E-state index in [-0.39, 0.29) is 0 Å². The van der Waals surface area contributed by atoms with Crippen molar-refractivity contribution in [3.8, 4) is 5.75 Å². The molecule has 0 aliphatic carbocycles. The number of aryl methyl sites for hydroxylation is 1. The number of nitrogens with one attached hydrogen (secondary N) is 1. The second kappa shape index (κ2) is 8.77. The molecule has 0 saturated heterocycles. The fourth-order valence-corrected chi connectivity index (χ4v) is 3.61. The molecule has 4 aromatic carbocycles. The van der Waals surface area contributed by atoms with Gasteiger partial charge < -0.3 is 10.1 Å². The van der Waals surface area contributed by atoms with Gasteiger partial charge in [-0.2, -0.15) is 0 Å². The summed E-state index contributed by atoms with van der Waals surface area (Å²) in [6.07, 6.45) is 0. The molecule has 0 spiro atoms. The monoisotopic (exact) mass is 421 g/mol. The summed E-state index contributed by atoms with van der Waals surface area (Å²) in [5.74, 6) is 0.856. The Bertz CT molecular complexity index is 1140. The molecule has 2 nitrogen and oxygen atoms in total. The van der Waals surface area contributed by atoms with Crippen molar-refractivity contribution in [3.05, 3.63) is 106 Å². The fraction of sp³-hybridized carbons (Fsp3) is 0.120. The van der Waals surface area contributed by atoms with Crippen molar-refractivity contribution >= 4 is 39.7 Å². The lowest BCUT2D eigenvalue weighted by atomic mass is 10.0. The zero-order valence-electron chi connectivity index (χ0n) is 16.1. The van der Waals surface area contributed by atoms with Crippen molar-refractivity contribution in [2.24, 2.45) is 0 Å². The highest BCUT2D eigenvalue weighted by Crippen LogP contribution is 2.30. The summed E-state index contributed by atoms with van der Waals surface area (Å²) in [6.45, 7) is 3.18. The Balaban J connectivity index is 1.61. The zero-order chi connectivity index (χ0) is 20.2. The van der Waals surface area contributed by atoms with Crippen LogP contribution in [0, 0.1) is 6.92 Å². The van der Waals surface area contributed by atoms with Crippen molar-refractivity contribution in [1.82, 2.24) is 0 Å². The first-order valence-electron chi connectivity index (χ1n) is 9.48. The van der Waals surface area contributed by atoms with Gasteiger partial charge in [0.05, 0.1) is 10.0 Å². The van der Waals surface area contributed by atoms with E-state index in [0.717, 1.165) is 22.6 Å². The molecule has 0 fully saturated rings. The van der Waals surface area contributed by atoms with E-state index in [2.05, 4.69) is 66.8 Å². The third-order valence-electron chi connectivity index (χ3n) is 4.90. The third-order valence-corrected chi connectivity index (χ3v) is 5.64. The van der Waals surface area contributed by atoms with Gasteiger partial charge >= 0.3 is 0 Å². The lowest BCUT2D eigenvalue weighted by molar-refractivity contribution is 0.304. The number of anilines is 1. The minimum atomic E-state index is 0.423. The molecule has 0 amide bonds. The van der Waals surface area contributed by atoms with Crippen LogP contribution in [0.3, 0.4) is 0 Å². The number of halogens is 2. The van der Waals surface area contributed by atoms with Crippen LogP contribution < -0.4 is 10.1 Å². The van der Waals surface area contributed by atoms with Crippen molar-refractivity contribution in [1.29, 1.82) is 0 Å². The Morgan fingerprint density at radius 2 is 1.62 bits per heavy atom. The van der Waals surface area contributed by atoms with Crippen molar-refractivity contribution in [3.63, 3.8) is 0 Å². The second-order valence-electron chi connectivity index (χ2n) is 7.02. The van der Waals surface area contributed by atoms with Crippen LogP contribution in [0.5, 0.6) is 5.75 Å². The number of hydrogen-bond donors (Lipinski definition) is 1. The van der Waals surface area contributed by atoms with E-state index in [0.29, 0.717) is 23.2 Å². The Morgan fingerprint density at radius 1 is 0.828 bits per heavy atom. The van der Waals surface area contributed by atoms with Crippen molar-refractivity contribution < 1.29 is 4.74 Å². The average Bonchev–Trinajstić information content (AvgIpc) is 2.74. The number of ether oxygens (including phenoxy) is 1. The normalized spacial score (nSPS) is 10.9. The maximum Gasteiger partial charge on any atom is 0.125 e. The lowest BCUT2D eigenvalue weighted by Crippen LogP contribution is -2.05. The largest absolute Gasteiger partial charge is 0.489 e. The minimum absolute atomic E-state index is 0.423. The van der Waals surface area contributed by atoms with Crippen molar-refractivity contribution in [2.45, 2.75) is 20.1 Å². The molecule has 0 aliphatic rings. The van der Waals surface area contributed by atoms with E-state index in [1.807, 2.05) is 18.2 Å². The lowest BCUT2D eigenvalue weighted by Gasteiger charge is -2.16. The summed E-state index contributed by atoms with van der Waals surface area (Å²) in [5, 5.41) is 6.97. The van der Waals surface area contributed by atoms with E-state index >= 15 is 0 Å². The molecular weight excluding hydrogens is 401 g/mol. The van der Waals surface area contributed by atoms with Gasteiger partial charge in [-0.25, -0.2) is 0 Å². The molecule has 0 radical (unpaired) electrons. The van der Waals surface area contributed by atoms with Crippen LogP contribution in [0.4, 0.5) is 5.69 Å². The summed E-state index contributed by atoms with van der Waals surface area (Å²) in [4.78, 5) is 0. The smallest absolute Gasteiger partial charge is 0.125 e. The van der Waals surface area contributed by atoms with Gasteiger partial charge in [0.2, 0.25) is 0 Å². The highest BCUT2D eigenvalue weighted by atomic mass is 35.5. The van der Waals surface area contributed by atoms with Crippen LogP contribution in [0.25, 0.3) is 10.8 Å². The summed E-state index contributed by atoms with van der Waals surface area (Å²) in [7, 11) is 0. The third kappa shape index (κ3) is 4.67. The van der Waals surface area contributed by atoms with Crippen LogP contribution >= 0.6 is 23.2 Å². The predicted octanol–water partition coefficient (Wildman–Crippen LogP) is 7.65.